The minimum absolute atomic E-state index is 0.0975. The predicted molar refractivity (Wildman–Crippen MR) is 123 cm³/mol. The van der Waals surface area contributed by atoms with E-state index in [4.69, 9.17) is 9.97 Å². The lowest BCUT2D eigenvalue weighted by Crippen LogP contribution is -2.51. The first-order chi connectivity index (χ1) is 15.6. The van der Waals surface area contributed by atoms with Crippen molar-refractivity contribution in [2.24, 2.45) is 0 Å². The molecule has 1 aliphatic heterocycles. The van der Waals surface area contributed by atoms with Gasteiger partial charge < -0.3 is 10.2 Å². The van der Waals surface area contributed by atoms with Gasteiger partial charge in [0.15, 0.2) is 10.9 Å². The first kappa shape index (κ1) is 19.2. The SMILES string of the molecule is C[C@@]1(C(=O)Nc2nccs2)CCCN1c1nc(Nc2cc(C3CC3)[nH]n2)n2cccc2n1. The number of carbonyl (C=O) groups is 1. The van der Waals surface area contributed by atoms with Crippen LogP contribution in [0.3, 0.4) is 0 Å². The first-order valence-corrected chi connectivity index (χ1v) is 11.6. The molecule has 1 atom stereocenters. The summed E-state index contributed by atoms with van der Waals surface area (Å²) in [5.74, 6) is 2.34. The highest BCUT2D eigenvalue weighted by molar-refractivity contribution is 7.13. The van der Waals surface area contributed by atoms with Crippen LogP contribution < -0.4 is 15.5 Å². The molecule has 0 aromatic carbocycles. The van der Waals surface area contributed by atoms with Gasteiger partial charge in [0.25, 0.3) is 5.91 Å². The maximum absolute atomic E-state index is 13.2. The summed E-state index contributed by atoms with van der Waals surface area (Å²) in [6, 6.07) is 5.90. The van der Waals surface area contributed by atoms with Gasteiger partial charge in [-0.2, -0.15) is 15.1 Å². The Morgan fingerprint density at radius 1 is 1.34 bits per heavy atom. The minimum atomic E-state index is -0.765. The molecule has 5 heterocycles. The van der Waals surface area contributed by atoms with E-state index in [0.29, 0.717) is 35.9 Å². The number of amides is 1. The number of carbonyl (C=O) groups excluding carboxylic acids is 1. The van der Waals surface area contributed by atoms with Crippen molar-refractivity contribution in [2.45, 2.75) is 44.1 Å². The zero-order valence-corrected chi connectivity index (χ0v) is 18.4. The van der Waals surface area contributed by atoms with Crippen molar-refractivity contribution in [3.63, 3.8) is 0 Å². The number of nitrogens with one attached hydrogen (secondary N) is 3. The number of anilines is 4. The van der Waals surface area contributed by atoms with Crippen molar-refractivity contribution in [1.82, 2.24) is 29.5 Å². The number of H-pyrrole nitrogens is 1. The van der Waals surface area contributed by atoms with Crippen LogP contribution in [0.5, 0.6) is 0 Å². The number of thiazole rings is 1. The Balaban J connectivity index is 1.33. The van der Waals surface area contributed by atoms with Crippen LogP contribution in [0.2, 0.25) is 0 Å². The van der Waals surface area contributed by atoms with Crippen molar-refractivity contribution in [1.29, 1.82) is 0 Å². The molecule has 4 aromatic heterocycles. The molecule has 10 nitrogen and oxygen atoms in total. The average Bonchev–Trinajstić information content (AvgIpc) is 3.22. The molecule has 1 saturated heterocycles. The number of nitrogens with zero attached hydrogens (tertiary/aromatic N) is 6. The van der Waals surface area contributed by atoms with Gasteiger partial charge in [0, 0.05) is 42.0 Å². The fourth-order valence-corrected chi connectivity index (χ4v) is 4.81. The molecule has 164 valence electrons. The summed E-state index contributed by atoms with van der Waals surface area (Å²) in [6.07, 6.45) is 7.60. The van der Waals surface area contributed by atoms with Gasteiger partial charge >= 0.3 is 0 Å². The molecule has 0 bridgehead atoms. The smallest absolute Gasteiger partial charge is 0.251 e. The van der Waals surface area contributed by atoms with Gasteiger partial charge in [-0.1, -0.05) is 0 Å². The quantitative estimate of drug-likeness (QED) is 0.412. The van der Waals surface area contributed by atoms with Gasteiger partial charge in [0.2, 0.25) is 11.9 Å². The van der Waals surface area contributed by atoms with Crippen LogP contribution in [0, 0.1) is 0 Å². The first-order valence-electron chi connectivity index (χ1n) is 10.8. The summed E-state index contributed by atoms with van der Waals surface area (Å²) >= 11 is 1.40. The Hall–Kier alpha value is -3.47. The van der Waals surface area contributed by atoms with Crippen LogP contribution in [-0.2, 0) is 4.79 Å². The molecule has 4 aromatic rings. The standard InChI is InChI=1S/C21H23N9OS/c1-21(17(31)25-20-22-8-11-32-20)7-3-10-30(21)19-24-16-4-2-9-29(16)18(26-19)23-15-12-14(27-28-15)13-5-6-13/h2,4,8-9,11-13H,3,5-7,10H2,1H3,(H,22,25,31)(H2,23,24,26,27,28)/t21-/m0/s1. The van der Waals surface area contributed by atoms with Crippen molar-refractivity contribution in [3.8, 4) is 0 Å². The molecular formula is C21H23N9OS. The van der Waals surface area contributed by atoms with E-state index in [1.54, 1.807) is 6.20 Å². The van der Waals surface area contributed by atoms with E-state index >= 15 is 0 Å². The lowest BCUT2D eigenvalue weighted by atomic mass is 9.98. The Morgan fingerprint density at radius 2 is 2.25 bits per heavy atom. The van der Waals surface area contributed by atoms with E-state index in [1.807, 2.05) is 46.0 Å². The average molecular weight is 450 g/mol. The second-order valence-electron chi connectivity index (χ2n) is 8.51. The summed E-state index contributed by atoms with van der Waals surface area (Å²) in [4.78, 5) is 29.0. The largest absolute Gasteiger partial charge is 0.326 e. The van der Waals surface area contributed by atoms with Gasteiger partial charge in [-0.15, -0.1) is 11.3 Å². The maximum Gasteiger partial charge on any atom is 0.251 e. The molecule has 11 heteroatoms. The van der Waals surface area contributed by atoms with E-state index < -0.39 is 5.54 Å². The van der Waals surface area contributed by atoms with Crippen molar-refractivity contribution in [3.05, 3.63) is 41.7 Å². The monoisotopic (exact) mass is 449 g/mol. The van der Waals surface area contributed by atoms with Gasteiger partial charge in [-0.25, -0.2) is 4.98 Å². The summed E-state index contributed by atoms with van der Waals surface area (Å²) in [5.41, 5.74) is 1.14. The van der Waals surface area contributed by atoms with E-state index in [9.17, 15) is 4.79 Å². The fraction of sp³-hybridized carbons (Fsp3) is 0.381. The second-order valence-corrected chi connectivity index (χ2v) is 9.41. The zero-order chi connectivity index (χ0) is 21.7. The highest BCUT2D eigenvalue weighted by Gasteiger charge is 2.45. The van der Waals surface area contributed by atoms with Gasteiger partial charge in [0.05, 0.1) is 0 Å². The maximum atomic E-state index is 13.2. The Labute approximate surface area is 188 Å². The van der Waals surface area contributed by atoms with Crippen molar-refractivity contribution >= 4 is 45.7 Å². The van der Waals surface area contributed by atoms with Crippen LogP contribution in [0.4, 0.5) is 22.8 Å². The Bertz CT molecular complexity index is 1280. The normalized spacial score (nSPS) is 20.7. The van der Waals surface area contributed by atoms with Crippen molar-refractivity contribution < 1.29 is 4.79 Å². The summed E-state index contributed by atoms with van der Waals surface area (Å²) in [5, 5.41) is 16.2. The fourth-order valence-electron chi connectivity index (χ4n) is 4.28. The molecule has 1 aliphatic carbocycles. The molecular weight excluding hydrogens is 426 g/mol. The zero-order valence-electron chi connectivity index (χ0n) is 17.6. The molecule has 3 N–H and O–H groups in total. The van der Waals surface area contributed by atoms with E-state index in [0.717, 1.165) is 23.6 Å². The molecule has 6 rings (SSSR count). The Morgan fingerprint density at radius 3 is 3.06 bits per heavy atom. The topological polar surface area (TPSA) is 116 Å². The van der Waals surface area contributed by atoms with Gasteiger partial charge in [0.1, 0.15) is 11.2 Å². The third-order valence-electron chi connectivity index (χ3n) is 6.26. The van der Waals surface area contributed by atoms with Crippen molar-refractivity contribution in [2.75, 3.05) is 22.1 Å². The highest BCUT2D eigenvalue weighted by Crippen LogP contribution is 2.40. The van der Waals surface area contributed by atoms with Crippen LogP contribution in [0.1, 0.15) is 44.2 Å². The number of aromatic nitrogens is 6. The molecule has 0 spiro atoms. The summed E-state index contributed by atoms with van der Waals surface area (Å²) in [7, 11) is 0. The summed E-state index contributed by atoms with van der Waals surface area (Å²) in [6.45, 7) is 2.64. The molecule has 1 saturated carbocycles. The predicted octanol–water partition coefficient (Wildman–Crippen LogP) is 3.53. The van der Waals surface area contributed by atoms with Crippen LogP contribution in [0.25, 0.3) is 5.65 Å². The minimum Gasteiger partial charge on any atom is -0.326 e. The lowest BCUT2D eigenvalue weighted by Gasteiger charge is -2.33. The highest BCUT2D eigenvalue weighted by atomic mass is 32.1. The molecule has 32 heavy (non-hydrogen) atoms. The Kier molecular flexibility index (Phi) is 4.39. The third-order valence-corrected chi connectivity index (χ3v) is 6.94. The third kappa shape index (κ3) is 3.29. The van der Waals surface area contributed by atoms with E-state index in [1.165, 1.54) is 24.2 Å². The van der Waals surface area contributed by atoms with Gasteiger partial charge in [-0.3, -0.25) is 19.6 Å². The summed E-state index contributed by atoms with van der Waals surface area (Å²) < 4.78 is 1.89. The molecule has 1 amide bonds. The number of hydrogen-bond acceptors (Lipinski definition) is 8. The molecule has 0 unspecified atom stereocenters. The number of rotatable bonds is 6. The molecule has 2 aliphatic rings. The number of aromatic amines is 1. The van der Waals surface area contributed by atoms with Crippen LogP contribution >= 0.6 is 11.3 Å². The molecule has 0 radical (unpaired) electrons. The van der Waals surface area contributed by atoms with E-state index in [-0.39, 0.29) is 5.91 Å². The number of fused-ring (bicyclic) bond motifs is 1. The number of hydrogen-bond donors (Lipinski definition) is 3. The molecule has 2 fully saturated rings. The van der Waals surface area contributed by atoms with Crippen LogP contribution in [0.15, 0.2) is 36.0 Å². The van der Waals surface area contributed by atoms with E-state index in [2.05, 4.69) is 25.8 Å². The lowest BCUT2D eigenvalue weighted by molar-refractivity contribution is -0.120. The van der Waals surface area contributed by atoms with Gasteiger partial charge in [-0.05, 0) is 44.7 Å². The second kappa shape index (κ2) is 7.30. The van der Waals surface area contributed by atoms with Crippen LogP contribution in [-0.4, -0.2) is 47.5 Å².